The maximum absolute atomic E-state index is 12.2. The Morgan fingerprint density at radius 1 is 0.938 bits per heavy atom. The number of nitrogens with one attached hydrogen (secondary N) is 2. The fourth-order valence-corrected chi connectivity index (χ4v) is 2.86. The molecule has 0 aliphatic heterocycles. The highest BCUT2D eigenvalue weighted by Crippen LogP contribution is 2.27. The van der Waals surface area contributed by atoms with Crippen LogP contribution < -0.4 is 20.2 Å². The minimum atomic E-state index is -0.302. The summed E-state index contributed by atoms with van der Waals surface area (Å²) < 4.78 is 11.0. The van der Waals surface area contributed by atoms with Crippen LogP contribution in [0.5, 0.6) is 11.5 Å². The second-order valence-electron chi connectivity index (χ2n) is 7.11. The van der Waals surface area contributed by atoms with Gasteiger partial charge in [-0.3, -0.25) is 9.59 Å². The molecule has 164 valence electrons. The summed E-state index contributed by atoms with van der Waals surface area (Å²) in [5.74, 6) is 0.295. The third-order valence-electron chi connectivity index (χ3n) is 4.75. The first-order valence-corrected chi connectivity index (χ1v) is 10.0. The van der Waals surface area contributed by atoms with Crippen LogP contribution in [-0.4, -0.2) is 31.7 Å². The van der Waals surface area contributed by atoms with Gasteiger partial charge < -0.3 is 14.8 Å². The molecule has 3 aromatic carbocycles. The summed E-state index contributed by atoms with van der Waals surface area (Å²) in [5, 5.41) is 6.79. The van der Waals surface area contributed by atoms with E-state index in [1.54, 1.807) is 42.5 Å². The van der Waals surface area contributed by atoms with E-state index >= 15 is 0 Å². The van der Waals surface area contributed by atoms with Crippen molar-refractivity contribution in [2.45, 2.75) is 13.8 Å². The molecule has 0 aliphatic carbocycles. The highest BCUT2D eigenvalue weighted by atomic mass is 16.5. The van der Waals surface area contributed by atoms with E-state index in [1.807, 2.05) is 38.1 Å². The number of hydrogen-bond acceptors (Lipinski definition) is 5. The molecule has 0 saturated carbocycles. The van der Waals surface area contributed by atoms with E-state index in [-0.39, 0.29) is 18.4 Å². The molecule has 0 spiro atoms. The normalized spacial score (nSPS) is 10.6. The number of ether oxygens (including phenoxy) is 2. The van der Waals surface area contributed by atoms with Crippen molar-refractivity contribution >= 4 is 23.7 Å². The van der Waals surface area contributed by atoms with E-state index in [9.17, 15) is 9.59 Å². The standard InChI is InChI=1S/C25H25N3O4/c1-17-9-11-21(13-18(17)2)27-24(29)16-32-22-12-10-19(14-23(22)31-3)15-26-28-25(30)20-7-5-4-6-8-20/h4-15H,16H2,1-3H3,(H,27,29)(H,28,30)/b26-15-. The van der Waals surface area contributed by atoms with Gasteiger partial charge in [0.15, 0.2) is 18.1 Å². The molecule has 0 radical (unpaired) electrons. The zero-order valence-corrected chi connectivity index (χ0v) is 18.2. The highest BCUT2D eigenvalue weighted by molar-refractivity contribution is 5.95. The number of aryl methyl sites for hydroxylation is 2. The molecule has 0 aromatic heterocycles. The molecule has 2 N–H and O–H groups in total. The number of carbonyl (C=O) groups excluding carboxylic acids is 2. The Labute approximate surface area is 187 Å². The van der Waals surface area contributed by atoms with Crippen LogP contribution in [0.25, 0.3) is 0 Å². The Bertz CT molecular complexity index is 1130. The summed E-state index contributed by atoms with van der Waals surface area (Å²) in [4.78, 5) is 24.3. The molecule has 3 rings (SSSR count). The predicted molar refractivity (Wildman–Crippen MR) is 125 cm³/mol. The van der Waals surface area contributed by atoms with Crippen molar-refractivity contribution in [3.63, 3.8) is 0 Å². The summed E-state index contributed by atoms with van der Waals surface area (Å²) in [6.07, 6.45) is 1.50. The van der Waals surface area contributed by atoms with Gasteiger partial charge in [-0.1, -0.05) is 24.3 Å². The molecule has 0 unspecified atom stereocenters. The van der Waals surface area contributed by atoms with E-state index < -0.39 is 0 Å². The van der Waals surface area contributed by atoms with Gasteiger partial charge >= 0.3 is 0 Å². The Balaban J connectivity index is 1.56. The zero-order chi connectivity index (χ0) is 22.9. The van der Waals surface area contributed by atoms with Crippen molar-refractivity contribution in [1.29, 1.82) is 0 Å². The van der Waals surface area contributed by atoms with E-state index in [4.69, 9.17) is 9.47 Å². The fraction of sp³-hybridized carbons (Fsp3) is 0.160. The van der Waals surface area contributed by atoms with Gasteiger partial charge in [-0.2, -0.15) is 5.10 Å². The number of hydrogen-bond donors (Lipinski definition) is 2. The molecular formula is C25H25N3O4. The molecule has 32 heavy (non-hydrogen) atoms. The van der Waals surface area contributed by atoms with Crippen LogP contribution in [0.4, 0.5) is 5.69 Å². The minimum absolute atomic E-state index is 0.163. The molecule has 0 saturated heterocycles. The lowest BCUT2D eigenvalue weighted by Gasteiger charge is -2.12. The summed E-state index contributed by atoms with van der Waals surface area (Å²) in [7, 11) is 1.51. The maximum Gasteiger partial charge on any atom is 0.271 e. The summed E-state index contributed by atoms with van der Waals surface area (Å²) >= 11 is 0. The second-order valence-corrected chi connectivity index (χ2v) is 7.11. The van der Waals surface area contributed by atoms with Gasteiger partial charge in [-0.25, -0.2) is 5.43 Å². The van der Waals surface area contributed by atoms with Crippen LogP contribution in [0.1, 0.15) is 27.0 Å². The Morgan fingerprint density at radius 2 is 1.72 bits per heavy atom. The number of methoxy groups -OCH3 is 1. The van der Waals surface area contributed by atoms with Crippen LogP contribution in [-0.2, 0) is 4.79 Å². The third-order valence-corrected chi connectivity index (χ3v) is 4.75. The Morgan fingerprint density at radius 3 is 2.44 bits per heavy atom. The van der Waals surface area contributed by atoms with Crippen molar-refractivity contribution in [2.75, 3.05) is 19.0 Å². The van der Waals surface area contributed by atoms with Crippen LogP contribution in [0.15, 0.2) is 71.8 Å². The molecule has 0 fully saturated rings. The molecule has 0 bridgehead atoms. The van der Waals surface area contributed by atoms with Crippen LogP contribution in [0, 0.1) is 13.8 Å². The third kappa shape index (κ3) is 6.18. The van der Waals surface area contributed by atoms with Gasteiger partial charge in [0.1, 0.15) is 0 Å². The minimum Gasteiger partial charge on any atom is -0.493 e. The lowest BCUT2D eigenvalue weighted by atomic mass is 10.1. The average molecular weight is 431 g/mol. The van der Waals surface area contributed by atoms with Crippen molar-refractivity contribution < 1.29 is 19.1 Å². The molecule has 0 aliphatic rings. The first kappa shape index (κ1) is 22.6. The van der Waals surface area contributed by atoms with E-state index in [1.165, 1.54) is 13.3 Å². The van der Waals surface area contributed by atoms with Crippen molar-refractivity contribution in [2.24, 2.45) is 5.10 Å². The van der Waals surface area contributed by atoms with Crippen molar-refractivity contribution in [3.8, 4) is 11.5 Å². The first-order valence-electron chi connectivity index (χ1n) is 10.0. The van der Waals surface area contributed by atoms with E-state index in [0.29, 0.717) is 22.6 Å². The Hall–Kier alpha value is -4.13. The summed E-state index contributed by atoms with van der Waals surface area (Å²) in [6.45, 7) is 3.84. The van der Waals surface area contributed by atoms with Gasteiger partial charge in [0.2, 0.25) is 0 Å². The molecule has 7 heteroatoms. The summed E-state index contributed by atoms with van der Waals surface area (Å²) in [5.41, 5.74) is 6.67. The molecule has 0 atom stereocenters. The molecule has 7 nitrogen and oxygen atoms in total. The molecule has 0 heterocycles. The van der Waals surface area contributed by atoms with E-state index in [0.717, 1.165) is 16.8 Å². The smallest absolute Gasteiger partial charge is 0.271 e. The first-order chi connectivity index (χ1) is 15.5. The molecule has 3 aromatic rings. The molecular weight excluding hydrogens is 406 g/mol. The van der Waals surface area contributed by atoms with Crippen molar-refractivity contribution in [3.05, 3.63) is 89.0 Å². The zero-order valence-electron chi connectivity index (χ0n) is 18.2. The molecule has 2 amide bonds. The average Bonchev–Trinajstić information content (AvgIpc) is 2.81. The van der Waals surface area contributed by atoms with Gasteiger partial charge in [0, 0.05) is 11.3 Å². The van der Waals surface area contributed by atoms with E-state index in [2.05, 4.69) is 15.8 Å². The van der Waals surface area contributed by atoms with Crippen LogP contribution in [0.3, 0.4) is 0 Å². The lowest BCUT2D eigenvalue weighted by Crippen LogP contribution is -2.20. The topological polar surface area (TPSA) is 89.0 Å². The highest BCUT2D eigenvalue weighted by Gasteiger charge is 2.09. The van der Waals surface area contributed by atoms with Crippen molar-refractivity contribution in [1.82, 2.24) is 5.43 Å². The van der Waals surface area contributed by atoms with Gasteiger partial charge in [-0.05, 0) is 73.0 Å². The fourth-order valence-electron chi connectivity index (χ4n) is 2.86. The summed E-state index contributed by atoms with van der Waals surface area (Å²) in [6, 6.07) is 19.7. The maximum atomic E-state index is 12.2. The van der Waals surface area contributed by atoms with Gasteiger partial charge in [-0.15, -0.1) is 0 Å². The quantitative estimate of drug-likeness (QED) is 0.415. The lowest BCUT2D eigenvalue weighted by molar-refractivity contribution is -0.118. The number of hydrazone groups is 1. The predicted octanol–water partition coefficient (Wildman–Crippen LogP) is 4.09. The van der Waals surface area contributed by atoms with Crippen LogP contribution in [0.2, 0.25) is 0 Å². The number of anilines is 1. The number of benzene rings is 3. The van der Waals surface area contributed by atoms with Crippen LogP contribution >= 0.6 is 0 Å². The number of nitrogens with zero attached hydrogens (tertiary/aromatic N) is 1. The van der Waals surface area contributed by atoms with Gasteiger partial charge in [0.05, 0.1) is 13.3 Å². The monoisotopic (exact) mass is 431 g/mol. The largest absolute Gasteiger partial charge is 0.493 e. The Kier molecular flexibility index (Phi) is 7.59. The van der Waals surface area contributed by atoms with Gasteiger partial charge in [0.25, 0.3) is 11.8 Å². The second kappa shape index (κ2) is 10.8. The number of amides is 2. The SMILES string of the molecule is COc1cc(/C=N\NC(=O)c2ccccc2)ccc1OCC(=O)Nc1ccc(C)c(C)c1. The number of carbonyl (C=O) groups is 2. The number of rotatable bonds is 8.